The second-order valence-corrected chi connectivity index (χ2v) is 9.21. The summed E-state index contributed by atoms with van der Waals surface area (Å²) in [6.07, 6.45) is 1.52. The van der Waals surface area contributed by atoms with E-state index in [-0.39, 0.29) is 12.7 Å². The van der Waals surface area contributed by atoms with Crippen LogP contribution in [0.3, 0.4) is 0 Å². The van der Waals surface area contributed by atoms with E-state index < -0.39 is 10.0 Å². The van der Waals surface area contributed by atoms with Crippen molar-refractivity contribution in [2.75, 3.05) is 19.9 Å². The van der Waals surface area contributed by atoms with Crippen LogP contribution in [0.5, 0.6) is 11.5 Å². The second kappa shape index (κ2) is 7.20. The first-order chi connectivity index (χ1) is 14.1. The number of aromatic amines is 1. The summed E-state index contributed by atoms with van der Waals surface area (Å²) >= 11 is 0. The fourth-order valence-corrected chi connectivity index (χ4v) is 5.39. The molecule has 0 amide bonds. The second-order valence-electron chi connectivity index (χ2n) is 7.27. The van der Waals surface area contributed by atoms with Crippen LogP contribution in [0.1, 0.15) is 24.5 Å². The van der Waals surface area contributed by atoms with Gasteiger partial charge in [0.05, 0.1) is 10.6 Å². The zero-order valence-corrected chi connectivity index (χ0v) is 16.6. The Morgan fingerprint density at radius 3 is 2.52 bits per heavy atom. The molecule has 2 aliphatic rings. The van der Waals surface area contributed by atoms with E-state index in [0.29, 0.717) is 18.0 Å². The van der Waals surface area contributed by atoms with E-state index in [0.717, 1.165) is 41.3 Å². The summed E-state index contributed by atoms with van der Waals surface area (Å²) < 4.78 is 38.0. The number of piperidine rings is 1. The maximum Gasteiger partial charge on any atom is 0.243 e. The van der Waals surface area contributed by atoms with Gasteiger partial charge in [0, 0.05) is 30.3 Å². The van der Waals surface area contributed by atoms with Gasteiger partial charge in [-0.1, -0.05) is 18.2 Å². The van der Waals surface area contributed by atoms with Crippen molar-refractivity contribution in [3.63, 3.8) is 0 Å². The monoisotopic (exact) mass is 411 g/mol. The van der Waals surface area contributed by atoms with E-state index in [1.165, 1.54) is 0 Å². The number of fused-ring (bicyclic) bond motifs is 1. The molecule has 0 aliphatic carbocycles. The van der Waals surface area contributed by atoms with Crippen LogP contribution in [0.25, 0.3) is 11.3 Å². The highest BCUT2D eigenvalue weighted by atomic mass is 32.2. The fraction of sp³-hybridized carbons (Fsp3) is 0.286. The largest absolute Gasteiger partial charge is 0.454 e. The molecule has 2 aromatic carbocycles. The number of sulfonamides is 1. The minimum absolute atomic E-state index is 0.245. The highest BCUT2D eigenvalue weighted by molar-refractivity contribution is 7.89. The summed E-state index contributed by atoms with van der Waals surface area (Å²) in [6.45, 7) is 1.25. The first kappa shape index (κ1) is 18.2. The Morgan fingerprint density at radius 2 is 1.72 bits per heavy atom. The fourth-order valence-electron chi connectivity index (χ4n) is 3.90. The van der Waals surface area contributed by atoms with Gasteiger partial charge >= 0.3 is 0 Å². The molecule has 0 radical (unpaired) electrons. The molecule has 7 nitrogen and oxygen atoms in total. The summed E-state index contributed by atoms with van der Waals surface area (Å²) in [5.41, 5.74) is 2.84. The van der Waals surface area contributed by atoms with Crippen molar-refractivity contribution < 1.29 is 17.9 Å². The number of ether oxygens (including phenoxy) is 2. The molecule has 0 bridgehead atoms. The highest BCUT2D eigenvalue weighted by Crippen LogP contribution is 2.37. The van der Waals surface area contributed by atoms with Gasteiger partial charge < -0.3 is 9.47 Å². The van der Waals surface area contributed by atoms with Gasteiger partial charge in [-0.15, -0.1) is 0 Å². The Bertz CT molecular complexity index is 1120. The third kappa shape index (κ3) is 3.38. The van der Waals surface area contributed by atoms with Gasteiger partial charge in [0.15, 0.2) is 11.5 Å². The highest BCUT2D eigenvalue weighted by Gasteiger charge is 2.30. The third-order valence-corrected chi connectivity index (χ3v) is 7.45. The van der Waals surface area contributed by atoms with Crippen molar-refractivity contribution in [3.8, 4) is 22.8 Å². The molecule has 5 rings (SSSR count). The molecular formula is C21H21N3O4S. The molecule has 2 aliphatic heterocycles. The Balaban J connectivity index is 1.28. The van der Waals surface area contributed by atoms with Crippen molar-refractivity contribution in [1.29, 1.82) is 0 Å². The molecule has 1 aromatic heterocycles. The third-order valence-electron chi connectivity index (χ3n) is 5.54. The van der Waals surface area contributed by atoms with E-state index in [2.05, 4.69) is 10.2 Å². The summed E-state index contributed by atoms with van der Waals surface area (Å²) in [4.78, 5) is 0.352. The molecule has 3 aromatic rings. The predicted octanol–water partition coefficient (Wildman–Crippen LogP) is 3.37. The van der Waals surface area contributed by atoms with Crippen molar-refractivity contribution in [2.45, 2.75) is 23.7 Å². The van der Waals surface area contributed by atoms with Crippen LogP contribution in [0.2, 0.25) is 0 Å². The van der Waals surface area contributed by atoms with Crippen LogP contribution in [0, 0.1) is 0 Å². The predicted molar refractivity (Wildman–Crippen MR) is 107 cm³/mol. The zero-order chi connectivity index (χ0) is 19.8. The van der Waals surface area contributed by atoms with Crippen molar-refractivity contribution in [2.24, 2.45) is 0 Å². The molecule has 0 unspecified atom stereocenters. The van der Waals surface area contributed by atoms with Gasteiger partial charge in [-0.25, -0.2) is 8.42 Å². The quantitative estimate of drug-likeness (QED) is 0.712. The van der Waals surface area contributed by atoms with Crippen LogP contribution < -0.4 is 9.47 Å². The van der Waals surface area contributed by atoms with Crippen molar-refractivity contribution >= 4 is 10.0 Å². The lowest BCUT2D eigenvalue weighted by Crippen LogP contribution is -2.37. The number of rotatable bonds is 4. The van der Waals surface area contributed by atoms with Crippen LogP contribution in [-0.2, 0) is 10.0 Å². The molecule has 8 heteroatoms. The van der Waals surface area contributed by atoms with E-state index >= 15 is 0 Å². The van der Waals surface area contributed by atoms with Crippen molar-refractivity contribution in [3.05, 3.63) is 60.3 Å². The number of nitrogens with zero attached hydrogens (tertiary/aromatic N) is 2. The Morgan fingerprint density at radius 1 is 0.966 bits per heavy atom. The van der Waals surface area contributed by atoms with Crippen LogP contribution in [0.4, 0.5) is 0 Å². The average molecular weight is 411 g/mol. The number of benzene rings is 2. The minimum atomic E-state index is -3.43. The average Bonchev–Trinajstić information content (AvgIpc) is 3.43. The Labute approximate surface area is 169 Å². The number of hydrogen-bond donors (Lipinski definition) is 1. The molecule has 3 heterocycles. The van der Waals surface area contributed by atoms with Crippen LogP contribution >= 0.6 is 0 Å². The SMILES string of the molecule is O=S(=O)(c1ccccc1)N1CCC(c2cc(-c3ccc4c(c3)OCO4)n[nH]2)CC1. The molecule has 150 valence electrons. The summed E-state index contributed by atoms with van der Waals surface area (Å²) in [5, 5.41) is 7.59. The molecule has 1 saturated heterocycles. The molecular weight excluding hydrogens is 390 g/mol. The number of nitrogens with one attached hydrogen (secondary N) is 1. The van der Waals surface area contributed by atoms with E-state index in [1.54, 1.807) is 28.6 Å². The zero-order valence-electron chi connectivity index (χ0n) is 15.7. The lowest BCUT2D eigenvalue weighted by molar-refractivity contribution is 0.174. The van der Waals surface area contributed by atoms with Crippen LogP contribution in [-0.4, -0.2) is 42.8 Å². The lowest BCUT2D eigenvalue weighted by Gasteiger charge is -2.30. The molecule has 0 spiro atoms. The molecule has 1 fully saturated rings. The van der Waals surface area contributed by atoms with Crippen LogP contribution in [0.15, 0.2) is 59.5 Å². The molecule has 29 heavy (non-hydrogen) atoms. The van der Waals surface area contributed by atoms with Gasteiger partial charge in [-0.05, 0) is 49.2 Å². The minimum Gasteiger partial charge on any atom is -0.454 e. The maximum atomic E-state index is 12.8. The van der Waals surface area contributed by atoms with Gasteiger partial charge in [-0.2, -0.15) is 9.40 Å². The van der Waals surface area contributed by atoms with E-state index in [4.69, 9.17) is 9.47 Å². The Kier molecular flexibility index (Phi) is 4.52. The standard InChI is InChI=1S/C21H21N3O4S/c25-29(26,17-4-2-1-3-5-17)24-10-8-15(9-11-24)18-13-19(23-22-18)16-6-7-20-21(12-16)28-14-27-20/h1-7,12-13,15H,8-11,14H2,(H,22,23). The van der Waals surface area contributed by atoms with Gasteiger partial charge in [-0.3, -0.25) is 5.10 Å². The topological polar surface area (TPSA) is 84.5 Å². The number of H-pyrrole nitrogens is 1. The summed E-state index contributed by atoms with van der Waals surface area (Å²) in [6, 6.07) is 16.4. The molecule has 1 N–H and O–H groups in total. The Hall–Kier alpha value is -2.84. The molecule has 0 atom stereocenters. The van der Waals surface area contributed by atoms with Gasteiger partial charge in [0.2, 0.25) is 16.8 Å². The van der Waals surface area contributed by atoms with Gasteiger partial charge in [0.1, 0.15) is 0 Å². The first-order valence-electron chi connectivity index (χ1n) is 9.62. The first-order valence-corrected chi connectivity index (χ1v) is 11.1. The maximum absolute atomic E-state index is 12.8. The molecule has 0 saturated carbocycles. The van der Waals surface area contributed by atoms with Crippen molar-refractivity contribution in [1.82, 2.24) is 14.5 Å². The number of hydrogen-bond acceptors (Lipinski definition) is 5. The lowest BCUT2D eigenvalue weighted by atomic mass is 9.94. The summed E-state index contributed by atoms with van der Waals surface area (Å²) in [5.74, 6) is 1.73. The van der Waals surface area contributed by atoms with E-state index in [1.807, 2.05) is 30.3 Å². The summed E-state index contributed by atoms with van der Waals surface area (Å²) in [7, 11) is -3.43. The number of aromatic nitrogens is 2. The van der Waals surface area contributed by atoms with Gasteiger partial charge in [0.25, 0.3) is 0 Å². The smallest absolute Gasteiger partial charge is 0.243 e. The normalized spacial score (nSPS) is 17.5. The van der Waals surface area contributed by atoms with E-state index in [9.17, 15) is 8.42 Å².